The number of fused-ring (bicyclic) bond motifs is 1. The van der Waals surface area contributed by atoms with Crippen LogP contribution in [-0.4, -0.2) is 38.3 Å². The predicted octanol–water partition coefficient (Wildman–Crippen LogP) is 3.66. The quantitative estimate of drug-likeness (QED) is 0.722. The number of carbonyl (C=O) groups excluding carboxylic acids is 1. The van der Waals surface area contributed by atoms with Crippen LogP contribution < -0.4 is 4.90 Å². The smallest absolute Gasteiger partial charge is 0.243 e. The molecule has 2 aliphatic heterocycles. The Labute approximate surface area is 175 Å². The van der Waals surface area contributed by atoms with Crippen molar-refractivity contribution in [2.24, 2.45) is 0 Å². The van der Waals surface area contributed by atoms with Crippen LogP contribution in [-0.2, 0) is 27.7 Å². The third-order valence-corrected chi connectivity index (χ3v) is 7.71. The van der Waals surface area contributed by atoms with Crippen LogP contribution in [0.5, 0.6) is 0 Å². The number of hydrogen-bond donors (Lipinski definition) is 0. The Balaban J connectivity index is 1.46. The van der Waals surface area contributed by atoms with Gasteiger partial charge in [0.05, 0.1) is 4.90 Å². The molecule has 1 fully saturated rings. The molecule has 0 aliphatic carbocycles. The summed E-state index contributed by atoms with van der Waals surface area (Å²) >= 11 is 0. The van der Waals surface area contributed by atoms with E-state index in [1.54, 1.807) is 23.1 Å². The molecule has 5 nitrogen and oxygen atoms in total. The van der Waals surface area contributed by atoms with E-state index in [-0.39, 0.29) is 17.2 Å². The van der Waals surface area contributed by atoms with E-state index in [0.717, 1.165) is 42.6 Å². The lowest BCUT2D eigenvalue weighted by atomic mass is 10.1. The Morgan fingerprint density at radius 1 is 0.933 bits per heavy atom. The second kappa shape index (κ2) is 8.43. The first-order valence-electron chi connectivity index (χ1n) is 10.2. The minimum Gasteiger partial charge on any atom is -0.312 e. The van der Waals surface area contributed by atoms with Crippen molar-refractivity contribution in [3.05, 3.63) is 59.2 Å². The number of hydrogen-bond acceptors (Lipinski definition) is 3. The molecule has 0 saturated carbocycles. The van der Waals surface area contributed by atoms with Gasteiger partial charge in [0.1, 0.15) is 0 Å². The number of rotatable bonds is 5. The van der Waals surface area contributed by atoms with Gasteiger partial charge in [0.2, 0.25) is 15.9 Å². The number of amides is 1. The van der Waals surface area contributed by atoms with Crippen LogP contribution in [0.1, 0.15) is 36.8 Å². The van der Waals surface area contributed by atoms with Crippen molar-refractivity contribution >= 4 is 21.6 Å². The van der Waals surface area contributed by atoms with Gasteiger partial charge in [-0.05, 0) is 67.1 Å². The summed E-state index contributed by atoms with van der Waals surface area (Å²) in [4.78, 5) is 14.6. The maximum atomic E-state index is 13.3. The molecule has 0 aromatic heterocycles. The summed E-state index contributed by atoms with van der Waals surface area (Å²) in [5.41, 5.74) is 2.13. The van der Waals surface area contributed by atoms with Crippen LogP contribution >= 0.6 is 0 Å². The van der Waals surface area contributed by atoms with E-state index >= 15 is 0 Å². The zero-order valence-corrected chi connectivity index (χ0v) is 17.4. The average molecular weight is 435 g/mol. The number of anilines is 1. The Morgan fingerprint density at radius 3 is 2.43 bits per heavy atom. The van der Waals surface area contributed by atoms with Gasteiger partial charge in [0, 0.05) is 31.7 Å². The van der Waals surface area contributed by atoms with E-state index in [9.17, 15) is 22.0 Å². The van der Waals surface area contributed by atoms with Crippen molar-refractivity contribution in [2.75, 3.05) is 24.5 Å². The third-order valence-electron chi connectivity index (χ3n) is 5.81. The first-order valence-corrected chi connectivity index (χ1v) is 11.7. The maximum absolute atomic E-state index is 13.3. The number of nitrogens with zero attached hydrogens (tertiary/aromatic N) is 2. The van der Waals surface area contributed by atoms with Gasteiger partial charge in [-0.25, -0.2) is 17.2 Å². The number of benzene rings is 2. The van der Waals surface area contributed by atoms with Crippen molar-refractivity contribution in [3.8, 4) is 0 Å². The molecular weight excluding hydrogens is 410 g/mol. The highest BCUT2D eigenvalue weighted by molar-refractivity contribution is 7.89. The number of halogens is 2. The van der Waals surface area contributed by atoms with Crippen molar-refractivity contribution < 1.29 is 22.0 Å². The van der Waals surface area contributed by atoms with Gasteiger partial charge >= 0.3 is 0 Å². The minimum absolute atomic E-state index is 0.120. The number of carbonyl (C=O) groups is 1. The number of aryl methyl sites for hydroxylation is 1. The fourth-order valence-electron chi connectivity index (χ4n) is 4.13. The van der Waals surface area contributed by atoms with E-state index in [1.165, 1.54) is 10.4 Å². The summed E-state index contributed by atoms with van der Waals surface area (Å²) in [5, 5.41) is 0. The maximum Gasteiger partial charge on any atom is 0.243 e. The second-order valence-electron chi connectivity index (χ2n) is 7.80. The lowest BCUT2D eigenvalue weighted by Gasteiger charge is -2.26. The summed E-state index contributed by atoms with van der Waals surface area (Å²) in [6, 6.07) is 8.60. The first kappa shape index (κ1) is 20.9. The molecule has 8 heteroatoms. The molecule has 1 amide bonds. The molecule has 0 radical (unpaired) electrons. The van der Waals surface area contributed by atoms with Crippen LogP contribution in [0, 0.1) is 11.6 Å². The zero-order valence-electron chi connectivity index (χ0n) is 16.6. The van der Waals surface area contributed by atoms with Crippen molar-refractivity contribution in [3.63, 3.8) is 0 Å². The van der Waals surface area contributed by atoms with Crippen LogP contribution in [0.4, 0.5) is 14.5 Å². The molecule has 30 heavy (non-hydrogen) atoms. The Bertz CT molecular complexity index is 1070. The normalized spacial score (nSPS) is 17.2. The van der Waals surface area contributed by atoms with E-state index in [1.807, 2.05) is 0 Å². The Morgan fingerprint density at radius 2 is 1.70 bits per heavy atom. The highest BCUT2D eigenvalue weighted by Crippen LogP contribution is 2.32. The monoisotopic (exact) mass is 434 g/mol. The molecule has 2 aromatic rings. The predicted molar refractivity (Wildman–Crippen MR) is 110 cm³/mol. The molecule has 0 bridgehead atoms. The van der Waals surface area contributed by atoms with E-state index in [0.29, 0.717) is 38.0 Å². The van der Waals surface area contributed by atoms with E-state index < -0.39 is 21.7 Å². The van der Waals surface area contributed by atoms with Gasteiger partial charge in [-0.15, -0.1) is 0 Å². The fourth-order valence-corrected chi connectivity index (χ4v) is 5.70. The van der Waals surface area contributed by atoms with Gasteiger partial charge in [0.25, 0.3) is 0 Å². The molecule has 2 heterocycles. The van der Waals surface area contributed by atoms with Gasteiger partial charge in [0.15, 0.2) is 11.6 Å². The van der Waals surface area contributed by atoms with E-state index in [4.69, 9.17) is 0 Å². The topological polar surface area (TPSA) is 57.7 Å². The zero-order chi connectivity index (χ0) is 21.3. The standard InChI is InChI=1S/C22H24F2N2O3S/c23-19-7-4-16(14-20(19)24)5-9-22(27)26-13-10-17-15-18(6-8-21(17)26)30(28,29)25-11-2-1-3-12-25/h4,6-8,14-15H,1-3,5,9-13H2. The van der Waals surface area contributed by atoms with Crippen LogP contribution in [0.3, 0.4) is 0 Å². The van der Waals surface area contributed by atoms with E-state index in [2.05, 4.69) is 0 Å². The third kappa shape index (κ3) is 4.11. The second-order valence-corrected chi connectivity index (χ2v) is 9.74. The first-order chi connectivity index (χ1) is 14.4. The average Bonchev–Trinajstić information content (AvgIpc) is 3.18. The Kier molecular flexibility index (Phi) is 5.88. The molecule has 1 saturated heterocycles. The largest absolute Gasteiger partial charge is 0.312 e. The summed E-state index contributed by atoms with van der Waals surface area (Å²) in [5.74, 6) is -1.95. The lowest BCUT2D eigenvalue weighted by molar-refractivity contribution is -0.118. The SMILES string of the molecule is O=C(CCc1ccc(F)c(F)c1)N1CCc2cc(S(=O)(=O)N3CCCCC3)ccc21. The van der Waals surface area contributed by atoms with Gasteiger partial charge in [-0.2, -0.15) is 4.31 Å². The van der Waals surface area contributed by atoms with Crippen molar-refractivity contribution in [2.45, 2.75) is 43.4 Å². The molecule has 0 unspecified atom stereocenters. The molecule has 0 atom stereocenters. The molecule has 0 N–H and O–H groups in total. The summed E-state index contributed by atoms with van der Waals surface area (Å²) in [7, 11) is -3.51. The lowest BCUT2D eigenvalue weighted by Crippen LogP contribution is -2.35. The highest BCUT2D eigenvalue weighted by Gasteiger charge is 2.29. The van der Waals surface area contributed by atoms with Gasteiger partial charge in [-0.3, -0.25) is 4.79 Å². The fraction of sp³-hybridized carbons (Fsp3) is 0.409. The summed E-state index contributed by atoms with van der Waals surface area (Å²) in [6.45, 7) is 1.58. The summed E-state index contributed by atoms with van der Waals surface area (Å²) < 4.78 is 53.7. The molecule has 160 valence electrons. The van der Waals surface area contributed by atoms with Crippen molar-refractivity contribution in [1.29, 1.82) is 0 Å². The highest BCUT2D eigenvalue weighted by atomic mass is 32.2. The molecule has 0 spiro atoms. The Hall–Kier alpha value is -2.32. The number of piperidine rings is 1. The van der Waals surface area contributed by atoms with Crippen LogP contribution in [0.25, 0.3) is 0 Å². The van der Waals surface area contributed by atoms with Gasteiger partial charge < -0.3 is 4.90 Å². The summed E-state index contributed by atoms with van der Waals surface area (Å²) in [6.07, 6.45) is 3.88. The molecular formula is C22H24F2N2O3S. The molecule has 2 aliphatic rings. The van der Waals surface area contributed by atoms with Crippen LogP contribution in [0.15, 0.2) is 41.3 Å². The minimum atomic E-state index is -3.51. The van der Waals surface area contributed by atoms with Crippen molar-refractivity contribution in [1.82, 2.24) is 4.31 Å². The molecule has 4 rings (SSSR count). The van der Waals surface area contributed by atoms with Crippen LogP contribution in [0.2, 0.25) is 0 Å². The molecule has 2 aromatic carbocycles. The number of sulfonamides is 1. The van der Waals surface area contributed by atoms with Gasteiger partial charge in [-0.1, -0.05) is 12.5 Å².